The molecule has 0 fully saturated rings. The van der Waals surface area contributed by atoms with Gasteiger partial charge in [0.15, 0.2) is 0 Å². The molecule has 0 saturated carbocycles. The van der Waals surface area contributed by atoms with E-state index in [1.165, 1.54) is 0 Å². The molecule has 0 saturated heterocycles. The molecule has 0 aliphatic carbocycles. The van der Waals surface area contributed by atoms with Crippen molar-refractivity contribution < 1.29 is 4.79 Å². The Morgan fingerprint density at radius 1 is 1.30 bits per heavy atom. The van der Waals surface area contributed by atoms with Gasteiger partial charge in [-0.25, -0.2) is 4.98 Å². The average molecular weight is 270 g/mol. The highest BCUT2D eigenvalue weighted by molar-refractivity contribution is 6.07. The third-order valence-corrected chi connectivity index (χ3v) is 2.77. The normalized spacial score (nSPS) is 10.2. The highest BCUT2D eigenvalue weighted by Crippen LogP contribution is 2.16. The number of nitrogens with one attached hydrogen (secondary N) is 2. The average Bonchev–Trinajstić information content (AvgIpc) is 2.38. The largest absolute Gasteiger partial charge is 0.385 e. The molecule has 5 nitrogen and oxygen atoms in total. The number of amides is 1. The quantitative estimate of drug-likeness (QED) is 0.896. The third kappa shape index (κ3) is 3.32. The lowest BCUT2D eigenvalue weighted by molar-refractivity contribution is 0.102. The van der Waals surface area contributed by atoms with Gasteiger partial charge in [-0.3, -0.25) is 9.78 Å². The van der Waals surface area contributed by atoms with E-state index in [4.69, 9.17) is 0 Å². The van der Waals surface area contributed by atoms with Crippen molar-refractivity contribution in [1.29, 1.82) is 0 Å². The van der Waals surface area contributed by atoms with E-state index in [1.54, 1.807) is 18.5 Å². The Bertz CT molecular complexity index is 605. The summed E-state index contributed by atoms with van der Waals surface area (Å²) in [6, 6.07) is 5.59. The second kappa shape index (κ2) is 6.14. The molecule has 2 aromatic rings. The summed E-state index contributed by atoms with van der Waals surface area (Å²) in [5.74, 6) is 0.338. The van der Waals surface area contributed by atoms with Crippen LogP contribution in [-0.4, -0.2) is 22.4 Å². The molecule has 0 aliphatic rings. The van der Waals surface area contributed by atoms with Crippen molar-refractivity contribution in [1.82, 2.24) is 9.97 Å². The van der Waals surface area contributed by atoms with Crippen molar-refractivity contribution in [3.8, 4) is 0 Å². The first-order valence-corrected chi connectivity index (χ1v) is 6.54. The Hall–Kier alpha value is -2.43. The highest BCUT2D eigenvalue weighted by atomic mass is 16.1. The summed E-state index contributed by atoms with van der Waals surface area (Å²) in [5, 5.41) is 5.95. The molecule has 0 radical (unpaired) electrons. The second-order valence-electron chi connectivity index (χ2n) is 4.58. The number of carbonyl (C=O) groups is 1. The van der Waals surface area contributed by atoms with E-state index >= 15 is 0 Å². The van der Waals surface area contributed by atoms with Gasteiger partial charge in [0.2, 0.25) is 0 Å². The highest BCUT2D eigenvalue weighted by Gasteiger charge is 2.12. The van der Waals surface area contributed by atoms with Gasteiger partial charge in [-0.05, 0) is 44.5 Å². The maximum atomic E-state index is 12.3. The molecule has 20 heavy (non-hydrogen) atoms. The zero-order valence-corrected chi connectivity index (χ0v) is 11.9. The minimum atomic E-state index is -0.216. The fourth-order valence-electron chi connectivity index (χ4n) is 2.01. The van der Waals surface area contributed by atoms with Gasteiger partial charge in [-0.1, -0.05) is 0 Å². The van der Waals surface area contributed by atoms with Gasteiger partial charge in [0.05, 0.1) is 11.3 Å². The SMILES string of the molecule is CCNc1ccncc1C(=O)Nc1cc(C)cc(C)n1. The van der Waals surface area contributed by atoms with E-state index < -0.39 is 0 Å². The molecule has 2 aromatic heterocycles. The van der Waals surface area contributed by atoms with Crippen LogP contribution in [0.1, 0.15) is 28.5 Å². The van der Waals surface area contributed by atoms with Crippen molar-refractivity contribution in [2.24, 2.45) is 0 Å². The topological polar surface area (TPSA) is 66.9 Å². The van der Waals surface area contributed by atoms with Crippen LogP contribution in [0.4, 0.5) is 11.5 Å². The lowest BCUT2D eigenvalue weighted by Crippen LogP contribution is -2.16. The van der Waals surface area contributed by atoms with Crippen molar-refractivity contribution in [2.45, 2.75) is 20.8 Å². The van der Waals surface area contributed by atoms with Gasteiger partial charge in [-0.15, -0.1) is 0 Å². The smallest absolute Gasteiger partial charge is 0.260 e. The number of carbonyl (C=O) groups excluding carboxylic acids is 1. The zero-order chi connectivity index (χ0) is 14.5. The van der Waals surface area contributed by atoms with Crippen molar-refractivity contribution >= 4 is 17.4 Å². The third-order valence-electron chi connectivity index (χ3n) is 2.77. The molecule has 0 aromatic carbocycles. The molecule has 2 rings (SSSR count). The van der Waals surface area contributed by atoms with Crippen molar-refractivity contribution in [2.75, 3.05) is 17.2 Å². The molecule has 1 amide bonds. The lowest BCUT2D eigenvalue weighted by atomic mass is 10.2. The summed E-state index contributed by atoms with van der Waals surface area (Å²) < 4.78 is 0. The van der Waals surface area contributed by atoms with E-state index in [0.717, 1.165) is 23.5 Å². The van der Waals surface area contributed by atoms with Crippen LogP contribution in [0, 0.1) is 13.8 Å². The second-order valence-corrected chi connectivity index (χ2v) is 4.58. The molecule has 0 atom stereocenters. The maximum Gasteiger partial charge on any atom is 0.260 e. The molecular weight excluding hydrogens is 252 g/mol. The molecule has 104 valence electrons. The molecule has 2 heterocycles. The minimum absolute atomic E-state index is 0.216. The van der Waals surface area contributed by atoms with Crippen molar-refractivity contribution in [3.05, 3.63) is 47.4 Å². The van der Waals surface area contributed by atoms with E-state index in [-0.39, 0.29) is 5.91 Å². The summed E-state index contributed by atoms with van der Waals surface area (Å²) in [6.07, 6.45) is 3.21. The molecule has 0 spiro atoms. The maximum absolute atomic E-state index is 12.3. The molecule has 0 bridgehead atoms. The number of hydrogen-bond donors (Lipinski definition) is 2. The first kappa shape index (κ1) is 14.0. The van der Waals surface area contributed by atoms with Gasteiger partial charge in [-0.2, -0.15) is 0 Å². The van der Waals surface area contributed by atoms with Gasteiger partial charge >= 0.3 is 0 Å². The Labute approximate surface area is 118 Å². The van der Waals surface area contributed by atoms with Crippen LogP contribution in [0.25, 0.3) is 0 Å². The summed E-state index contributed by atoms with van der Waals surface area (Å²) >= 11 is 0. The van der Waals surface area contributed by atoms with Crippen LogP contribution in [0.5, 0.6) is 0 Å². The van der Waals surface area contributed by atoms with Crippen molar-refractivity contribution in [3.63, 3.8) is 0 Å². The molecule has 5 heteroatoms. The van der Waals surface area contributed by atoms with E-state index in [2.05, 4.69) is 20.6 Å². The summed E-state index contributed by atoms with van der Waals surface area (Å²) in [7, 11) is 0. The molecular formula is C15H18N4O. The van der Waals surface area contributed by atoms with Crippen LogP contribution in [0.15, 0.2) is 30.6 Å². The predicted octanol–water partition coefficient (Wildman–Crippen LogP) is 2.78. The fourth-order valence-corrected chi connectivity index (χ4v) is 2.01. The number of anilines is 2. The van der Waals surface area contributed by atoms with Crippen LogP contribution in [-0.2, 0) is 0 Å². The van der Waals surface area contributed by atoms with E-state index in [0.29, 0.717) is 11.4 Å². The number of rotatable bonds is 4. The first-order chi connectivity index (χ1) is 9.60. The first-order valence-electron chi connectivity index (χ1n) is 6.54. The number of aryl methyl sites for hydroxylation is 2. The van der Waals surface area contributed by atoms with E-state index in [9.17, 15) is 4.79 Å². The molecule has 0 aliphatic heterocycles. The van der Waals surface area contributed by atoms with Gasteiger partial charge in [0.1, 0.15) is 5.82 Å². The number of aromatic nitrogens is 2. The predicted molar refractivity (Wildman–Crippen MR) is 80.1 cm³/mol. The van der Waals surface area contributed by atoms with Gasteiger partial charge in [0.25, 0.3) is 5.91 Å². The summed E-state index contributed by atoms with van der Waals surface area (Å²) in [5.41, 5.74) is 3.21. The number of hydrogen-bond acceptors (Lipinski definition) is 4. The Morgan fingerprint density at radius 2 is 2.10 bits per heavy atom. The number of pyridine rings is 2. The van der Waals surface area contributed by atoms with Gasteiger partial charge < -0.3 is 10.6 Å². The fraction of sp³-hybridized carbons (Fsp3) is 0.267. The molecule has 2 N–H and O–H groups in total. The Morgan fingerprint density at radius 3 is 2.80 bits per heavy atom. The van der Waals surface area contributed by atoms with Crippen LogP contribution >= 0.6 is 0 Å². The summed E-state index contributed by atoms with van der Waals surface area (Å²) in [6.45, 7) is 6.59. The Kier molecular flexibility index (Phi) is 4.30. The monoisotopic (exact) mass is 270 g/mol. The zero-order valence-electron chi connectivity index (χ0n) is 11.9. The summed E-state index contributed by atoms with van der Waals surface area (Å²) in [4.78, 5) is 20.6. The van der Waals surface area contributed by atoms with Crippen LogP contribution in [0.2, 0.25) is 0 Å². The number of nitrogens with zero attached hydrogens (tertiary/aromatic N) is 2. The minimum Gasteiger partial charge on any atom is -0.385 e. The Balaban J connectivity index is 2.23. The van der Waals surface area contributed by atoms with Crippen LogP contribution in [0.3, 0.4) is 0 Å². The lowest BCUT2D eigenvalue weighted by Gasteiger charge is -2.10. The molecule has 0 unspecified atom stereocenters. The van der Waals surface area contributed by atoms with E-state index in [1.807, 2.05) is 32.9 Å². The van der Waals surface area contributed by atoms with Gasteiger partial charge in [0, 0.05) is 24.6 Å². The standard InChI is InChI=1S/C15H18N4O/c1-4-17-13-5-6-16-9-12(13)15(20)19-14-8-10(2)7-11(3)18-14/h5-9H,4H2,1-3H3,(H,16,17)(H,18,19,20). The van der Waals surface area contributed by atoms with Crippen LogP contribution < -0.4 is 10.6 Å².